The summed E-state index contributed by atoms with van der Waals surface area (Å²) in [5, 5.41) is 10.9. The van der Waals surface area contributed by atoms with E-state index >= 15 is 0 Å². The number of sulfonamides is 1. The molecule has 9 nitrogen and oxygen atoms in total. The third-order valence-corrected chi connectivity index (χ3v) is 5.66. The number of fused-ring (bicyclic) bond motifs is 1. The molecular formula is C17H18N4O5S. The van der Waals surface area contributed by atoms with E-state index in [-0.39, 0.29) is 16.1 Å². The second-order valence-corrected chi connectivity index (χ2v) is 7.77. The number of nitrogens with zero attached hydrogens (tertiary/aromatic N) is 2. The lowest BCUT2D eigenvalue weighted by Gasteiger charge is -2.12. The van der Waals surface area contributed by atoms with Gasteiger partial charge in [0.25, 0.3) is 5.69 Å². The summed E-state index contributed by atoms with van der Waals surface area (Å²) in [6.07, 6.45) is 0. The molecule has 0 aliphatic rings. The Labute approximate surface area is 155 Å². The standard InChI is InChI=1S/C17H18N4O5S/c1-10-8-13(5-7-16(10)21(22)23)27(24,25)20-11(2)17-18-14-6-4-12(26-3)9-15(14)19-17/h4-9,11,20H,1-3H3,(H,18,19). The molecule has 10 heteroatoms. The average Bonchev–Trinajstić information content (AvgIpc) is 3.04. The number of imidazole rings is 1. The van der Waals surface area contributed by atoms with E-state index in [0.29, 0.717) is 17.1 Å². The fourth-order valence-electron chi connectivity index (χ4n) is 2.70. The van der Waals surface area contributed by atoms with E-state index in [2.05, 4.69) is 14.7 Å². The molecule has 0 radical (unpaired) electrons. The summed E-state index contributed by atoms with van der Waals surface area (Å²) in [5.74, 6) is 1.10. The molecule has 0 spiro atoms. The lowest BCUT2D eigenvalue weighted by Crippen LogP contribution is -2.27. The van der Waals surface area contributed by atoms with Gasteiger partial charge in [-0.25, -0.2) is 18.1 Å². The minimum atomic E-state index is -3.88. The largest absolute Gasteiger partial charge is 0.497 e. The third-order valence-electron chi connectivity index (χ3n) is 4.12. The molecule has 1 unspecified atom stereocenters. The van der Waals surface area contributed by atoms with Gasteiger partial charge in [-0.1, -0.05) is 0 Å². The smallest absolute Gasteiger partial charge is 0.272 e. The van der Waals surface area contributed by atoms with Crippen LogP contribution >= 0.6 is 0 Å². The van der Waals surface area contributed by atoms with Crippen molar-refractivity contribution in [1.82, 2.24) is 14.7 Å². The Bertz CT molecular complexity index is 1120. The summed E-state index contributed by atoms with van der Waals surface area (Å²) in [7, 11) is -2.32. The zero-order valence-corrected chi connectivity index (χ0v) is 15.7. The predicted octanol–water partition coefficient (Wildman–Crippen LogP) is 2.83. The molecule has 1 aromatic heterocycles. The highest BCUT2D eigenvalue weighted by Gasteiger charge is 2.22. The minimum absolute atomic E-state index is 0.0461. The number of H-pyrrole nitrogens is 1. The van der Waals surface area contributed by atoms with Crippen LogP contribution in [0.1, 0.15) is 24.4 Å². The average molecular weight is 390 g/mol. The molecule has 2 N–H and O–H groups in total. The van der Waals surface area contributed by atoms with Gasteiger partial charge in [0.1, 0.15) is 11.6 Å². The zero-order chi connectivity index (χ0) is 19.8. The maximum absolute atomic E-state index is 12.6. The number of benzene rings is 2. The Morgan fingerprint density at radius 1 is 1.26 bits per heavy atom. The number of ether oxygens (including phenoxy) is 1. The van der Waals surface area contributed by atoms with Crippen LogP contribution in [0.25, 0.3) is 11.0 Å². The molecule has 0 saturated heterocycles. The van der Waals surface area contributed by atoms with Crippen LogP contribution in [-0.2, 0) is 10.0 Å². The number of nitro benzene ring substituents is 1. The van der Waals surface area contributed by atoms with Crippen molar-refractivity contribution in [1.29, 1.82) is 0 Å². The highest BCUT2D eigenvalue weighted by molar-refractivity contribution is 7.89. The molecule has 0 fully saturated rings. The Kier molecular flexibility index (Phi) is 4.85. The summed E-state index contributed by atoms with van der Waals surface area (Å²) in [4.78, 5) is 17.8. The van der Waals surface area contributed by atoms with Crippen LogP contribution in [0.4, 0.5) is 5.69 Å². The number of methoxy groups -OCH3 is 1. The van der Waals surface area contributed by atoms with Crippen LogP contribution in [0, 0.1) is 17.0 Å². The molecular weight excluding hydrogens is 372 g/mol. The first-order chi connectivity index (χ1) is 12.7. The lowest BCUT2D eigenvalue weighted by molar-refractivity contribution is -0.385. The number of hydrogen-bond acceptors (Lipinski definition) is 6. The van der Waals surface area contributed by atoms with Crippen LogP contribution in [0.15, 0.2) is 41.3 Å². The molecule has 0 aliphatic heterocycles. The highest BCUT2D eigenvalue weighted by atomic mass is 32.2. The van der Waals surface area contributed by atoms with Crippen LogP contribution < -0.4 is 9.46 Å². The SMILES string of the molecule is COc1ccc2nc(C(C)NS(=O)(=O)c3ccc([N+](=O)[O-])c(C)c3)[nH]c2c1. The summed E-state index contributed by atoms with van der Waals surface area (Å²) < 4.78 is 32.9. The lowest BCUT2D eigenvalue weighted by atomic mass is 10.2. The van der Waals surface area contributed by atoms with E-state index in [9.17, 15) is 18.5 Å². The number of hydrogen-bond donors (Lipinski definition) is 2. The quantitative estimate of drug-likeness (QED) is 0.492. The molecule has 3 rings (SSSR count). The van der Waals surface area contributed by atoms with Gasteiger partial charge in [0, 0.05) is 17.7 Å². The van der Waals surface area contributed by atoms with E-state index in [1.165, 1.54) is 25.1 Å². The highest BCUT2D eigenvalue weighted by Crippen LogP contribution is 2.24. The zero-order valence-electron chi connectivity index (χ0n) is 14.9. The minimum Gasteiger partial charge on any atom is -0.497 e. The molecule has 3 aromatic rings. The molecule has 1 heterocycles. The Morgan fingerprint density at radius 2 is 2.00 bits per heavy atom. The van der Waals surface area contributed by atoms with Gasteiger partial charge in [0.05, 0.1) is 34.0 Å². The molecule has 0 amide bonds. The van der Waals surface area contributed by atoms with Crippen LogP contribution in [0.3, 0.4) is 0 Å². The fraction of sp³-hybridized carbons (Fsp3) is 0.235. The van der Waals surface area contributed by atoms with Crippen molar-refractivity contribution >= 4 is 26.7 Å². The summed E-state index contributed by atoms with van der Waals surface area (Å²) >= 11 is 0. The Balaban J connectivity index is 1.87. The van der Waals surface area contributed by atoms with Crippen LogP contribution in [-0.4, -0.2) is 30.4 Å². The molecule has 2 aromatic carbocycles. The van der Waals surface area contributed by atoms with Crippen molar-refractivity contribution in [2.45, 2.75) is 24.8 Å². The van der Waals surface area contributed by atoms with E-state index < -0.39 is 21.0 Å². The van der Waals surface area contributed by atoms with Gasteiger partial charge in [-0.15, -0.1) is 0 Å². The Morgan fingerprint density at radius 3 is 2.63 bits per heavy atom. The van der Waals surface area contributed by atoms with Gasteiger partial charge in [-0.05, 0) is 38.1 Å². The summed E-state index contributed by atoms with van der Waals surface area (Å²) in [6.45, 7) is 3.15. The van der Waals surface area contributed by atoms with E-state index in [4.69, 9.17) is 4.74 Å². The van der Waals surface area contributed by atoms with E-state index in [1.54, 1.807) is 32.2 Å². The topological polar surface area (TPSA) is 127 Å². The van der Waals surface area contributed by atoms with E-state index in [0.717, 1.165) is 5.52 Å². The van der Waals surface area contributed by atoms with Crippen LogP contribution in [0.5, 0.6) is 5.75 Å². The first-order valence-electron chi connectivity index (χ1n) is 8.02. The van der Waals surface area contributed by atoms with Gasteiger partial charge in [0.15, 0.2) is 0 Å². The first kappa shape index (κ1) is 18.8. The second kappa shape index (κ2) is 6.97. The van der Waals surface area contributed by atoms with Crippen molar-refractivity contribution in [3.63, 3.8) is 0 Å². The number of nitrogens with one attached hydrogen (secondary N) is 2. The molecule has 0 aliphatic carbocycles. The molecule has 1 atom stereocenters. The number of aryl methyl sites for hydroxylation is 1. The first-order valence-corrected chi connectivity index (χ1v) is 9.50. The summed E-state index contributed by atoms with van der Waals surface area (Å²) in [5.41, 5.74) is 1.55. The van der Waals surface area contributed by atoms with E-state index in [1.807, 2.05) is 0 Å². The number of aromatic amines is 1. The second-order valence-electron chi connectivity index (χ2n) is 6.05. The predicted molar refractivity (Wildman–Crippen MR) is 99.2 cm³/mol. The number of aromatic nitrogens is 2. The van der Waals surface area contributed by atoms with Crippen molar-refractivity contribution in [2.24, 2.45) is 0 Å². The van der Waals surface area contributed by atoms with Gasteiger partial charge in [-0.2, -0.15) is 0 Å². The number of nitro groups is 1. The molecule has 0 saturated carbocycles. The molecule has 27 heavy (non-hydrogen) atoms. The normalized spacial score (nSPS) is 12.9. The van der Waals surface area contributed by atoms with Crippen molar-refractivity contribution in [3.8, 4) is 5.75 Å². The maximum atomic E-state index is 12.6. The van der Waals surface area contributed by atoms with Crippen molar-refractivity contribution in [3.05, 3.63) is 57.9 Å². The maximum Gasteiger partial charge on any atom is 0.272 e. The van der Waals surface area contributed by atoms with Crippen molar-refractivity contribution in [2.75, 3.05) is 7.11 Å². The van der Waals surface area contributed by atoms with Gasteiger partial charge >= 0.3 is 0 Å². The van der Waals surface area contributed by atoms with Gasteiger partial charge in [0.2, 0.25) is 10.0 Å². The monoisotopic (exact) mass is 390 g/mol. The Hall–Kier alpha value is -2.98. The van der Waals surface area contributed by atoms with Gasteiger partial charge < -0.3 is 9.72 Å². The third kappa shape index (κ3) is 3.76. The fourth-order valence-corrected chi connectivity index (χ4v) is 3.99. The molecule has 142 valence electrons. The molecule has 0 bridgehead atoms. The summed E-state index contributed by atoms with van der Waals surface area (Å²) in [6, 6.07) is 8.34. The van der Waals surface area contributed by atoms with Crippen molar-refractivity contribution < 1.29 is 18.1 Å². The van der Waals surface area contributed by atoms with Gasteiger partial charge in [-0.3, -0.25) is 10.1 Å². The number of rotatable bonds is 6. The van der Waals surface area contributed by atoms with Crippen LogP contribution in [0.2, 0.25) is 0 Å².